The summed E-state index contributed by atoms with van der Waals surface area (Å²) in [6.45, 7) is 0.276. The van der Waals surface area contributed by atoms with E-state index in [0.29, 0.717) is 12.0 Å². The van der Waals surface area contributed by atoms with Crippen LogP contribution < -0.4 is 11.1 Å². The van der Waals surface area contributed by atoms with Gasteiger partial charge >= 0.3 is 0 Å². The SMILES string of the molecule is NC(=O)CNC1CC(c2ccc(Cl)cc2)C1. The summed E-state index contributed by atoms with van der Waals surface area (Å²) in [6.07, 6.45) is 2.13. The zero-order chi connectivity index (χ0) is 11.5. The zero-order valence-corrected chi connectivity index (χ0v) is 9.70. The average Bonchev–Trinajstić information content (AvgIpc) is 2.18. The van der Waals surface area contributed by atoms with Crippen LogP contribution in [0.3, 0.4) is 0 Å². The number of nitrogens with two attached hydrogens (primary N) is 1. The Labute approximate surface area is 100.0 Å². The van der Waals surface area contributed by atoms with E-state index in [4.69, 9.17) is 17.3 Å². The van der Waals surface area contributed by atoms with E-state index < -0.39 is 0 Å². The molecule has 1 amide bonds. The lowest BCUT2D eigenvalue weighted by atomic mass is 9.76. The Hall–Kier alpha value is -1.06. The van der Waals surface area contributed by atoms with Crippen LogP contribution in [0.25, 0.3) is 0 Å². The summed E-state index contributed by atoms with van der Waals surface area (Å²) in [7, 11) is 0. The number of carbonyl (C=O) groups excluding carboxylic acids is 1. The van der Waals surface area contributed by atoms with Crippen LogP contribution in [0.1, 0.15) is 24.3 Å². The summed E-state index contributed by atoms with van der Waals surface area (Å²) in [4.78, 5) is 10.6. The maximum Gasteiger partial charge on any atom is 0.231 e. The van der Waals surface area contributed by atoms with Crippen molar-refractivity contribution in [1.82, 2.24) is 5.32 Å². The van der Waals surface area contributed by atoms with Gasteiger partial charge in [0.1, 0.15) is 0 Å². The standard InChI is InChI=1S/C12H15ClN2O/c13-10-3-1-8(2-4-10)9-5-11(6-9)15-7-12(14)16/h1-4,9,11,15H,5-7H2,(H2,14,16). The molecule has 0 saturated heterocycles. The molecule has 1 aliphatic carbocycles. The number of rotatable bonds is 4. The van der Waals surface area contributed by atoms with Crippen LogP contribution in [0, 0.1) is 0 Å². The van der Waals surface area contributed by atoms with E-state index in [0.717, 1.165) is 17.9 Å². The number of benzene rings is 1. The molecule has 1 fully saturated rings. The summed E-state index contributed by atoms with van der Waals surface area (Å²) in [5, 5.41) is 3.90. The molecule has 0 aliphatic heterocycles. The summed E-state index contributed by atoms with van der Waals surface area (Å²) in [6, 6.07) is 8.39. The monoisotopic (exact) mass is 238 g/mol. The van der Waals surface area contributed by atoms with E-state index in [1.807, 2.05) is 12.1 Å². The van der Waals surface area contributed by atoms with Crippen molar-refractivity contribution >= 4 is 17.5 Å². The van der Waals surface area contributed by atoms with Crippen molar-refractivity contribution in [2.45, 2.75) is 24.8 Å². The second kappa shape index (κ2) is 4.85. The van der Waals surface area contributed by atoms with E-state index in [1.54, 1.807) is 0 Å². The highest BCUT2D eigenvalue weighted by atomic mass is 35.5. The van der Waals surface area contributed by atoms with E-state index in [-0.39, 0.29) is 12.5 Å². The van der Waals surface area contributed by atoms with Crippen molar-refractivity contribution in [1.29, 1.82) is 0 Å². The van der Waals surface area contributed by atoms with Crippen molar-refractivity contribution in [3.63, 3.8) is 0 Å². The van der Waals surface area contributed by atoms with Gasteiger partial charge in [-0.1, -0.05) is 23.7 Å². The highest BCUT2D eigenvalue weighted by Gasteiger charge is 2.29. The molecule has 0 heterocycles. The summed E-state index contributed by atoms with van der Waals surface area (Å²) in [5.41, 5.74) is 6.39. The summed E-state index contributed by atoms with van der Waals surface area (Å²) < 4.78 is 0. The molecule has 3 N–H and O–H groups in total. The van der Waals surface area contributed by atoms with Crippen LogP contribution in [-0.4, -0.2) is 18.5 Å². The summed E-state index contributed by atoms with van der Waals surface area (Å²) in [5.74, 6) is 0.289. The number of halogens is 1. The molecule has 16 heavy (non-hydrogen) atoms. The molecule has 2 rings (SSSR count). The molecule has 1 aromatic rings. The predicted molar refractivity (Wildman–Crippen MR) is 64.4 cm³/mol. The molecule has 4 heteroatoms. The molecule has 0 radical (unpaired) electrons. The fourth-order valence-electron chi connectivity index (χ4n) is 2.04. The van der Waals surface area contributed by atoms with Crippen LogP contribution >= 0.6 is 11.6 Å². The molecular formula is C12H15ClN2O. The lowest BCUT2D eigenvalue weighted by Gasteiger charge is -2.36. The molecule has 1 aromatic carbocycles. The third-order valence-electron chi connectivity index (χ3n) is 3.04. The molecule has 86 valence electrons. The van der Waals surface area contributed by atoms with Crippen molar-refractivity contribution in [3.8, 4) is 0 Å². The van der Waals surface area contributed by atoms with Crippen LogP contribution in [-0.2, 0) is 4.79 Å². The normalized spacial score (nSPS) is 23.8. The Balaban J connectivity index is 1.79. The minimum atomic E-state index is -0.296. The van der Waals surface area contributed by atoms with Gasteiger partial charge in [-0.2, -0.15) is 0 Å². The van der Waals surface area contributed by atoms with Crippen LogP contribution in [0.2, 0.25) is 5.02 Å². The molecule has 1 aliphatic rings. The second-order valence-corrected chi connectivity index (χ2v) is 4.70. The number of primary amides is 1. The Morgan fingerprint density at radius 3 is 2.56 bits per heavy atom. The van der Waals surface area contributed by atoms with Gasteiger partial charge in [-0.25, -0.2) is 0 Å². The Kier molecular flexibility index (Phi) is 3.46. The molecule has 0 spiro atoms. The zero-order valence-electron chi connectivity index (χ0n) is 8.95. The fraction of sp³-hybridized carbons (Fsp3) is 0.417. The van der Waals surface area contributed by atoms with Gasteiger partial charge in [0.25, 0.3) is 0 Å². The molecule has 3 nitrogen and oxygen atoms in total. The van der Waals surface area contributed by atoms with E-state index in [9.17, 15) is 4.79 Å². The molecule has 0 unspecified atom stereocenters. The molecular weight excluding hydrogens is 224 g/mol. The van der Waals surface area contributed by atoms with Gasteiger partial charge in [-0.05, 0) is 36.5 Å². The van der Waals surface area contributed by atoms with E-state index >= 15 is 0 Å². The van der Waals surface area contributed by atoms with Gasteiger partial charge in [-0.3, -0.25) is 4.79 Å². The van der Waals surface area contributed by atoms with Crippen LogP contribution in [0.15, 0.2) is 24.3 Å². The highest BCUT2D eigenvalue weighted by molar-refractivity contribution is 6.30. The minimum absolute atomic E-state index is 0.276. The van der Waals surface area contributed by atoms with Gasteiger partial charge in [0.15, 0.2) is 0 Å². The lowest BCUT2D eigenvalue weighted by molar-refractivity contribution is -0.117. The Morgan fingerprint density at radius 2 is 2.00 bits per heavy atom. The first-order chi connectivity index (χ1) is 7.65. The lowest BCUT2D eigenvalue weighted by Crippen LogP contribution is -2.43. The van der Waals surface area contributed by atoms with Crippen molar-refractivity contribution in [2.75, 3.05) is 6.54 Å². The minimum Gasteiger partial charge on any atom is -0.369 e. The maximum absolute atomic E-state index is 10.6. The van der Waals surface area contributed by atoms with Crippen LogP contribution in [0.5, 0.6) is 0 Å². The third-order valence-corrected chi connectivity index (χ3v) is 3.30. The molecule has 0 aromatic heterocycles. The Morgan fingerprint density at radius 1 is 1.38 bits per heavy atom. The van der Waals surface area contributed by atoms with Crippen molar-refractivity contribution in [3.05, 3.63) is 34.9 Å². The van der Waals surface area contributed by atoms with E-state index in [1.165, 1.54) is 5.56 Å². The van der Waals surface area contributed by atoms with Gasteiger partial charge in [0, 0.05) is 11.1 Å². The van der Waals surface area contributed by atoms with E-state index in [2.05, 4.69) is 17.4 Å². The van der Waals surface area contributed by atoms with Crippen molar-refractivity contribution < 1.29 is 4.79 Å². The van der Waals surface area contributed by atoms with Gasteiger partial charge in [0.2, 0.25) is 5.91 Å². The largest absolute Gasteiger partial charge is 0.369 e. The first-order valence-electron chi connectivity index (χ1n) is 5.42. The first-order valence-corrected chi connectivity index (χ1v) is 5.80. The van der Waals surface area contributed by atoms with Crippen molar-refractivity contribution in [2.24, 2.45) is 5.73 Å². The number of nitrogens with one attached hydrogen (secondary N) is 1. The molecule has 0 bridgehead atoms. The summed E-state index contributed by atoms with van der Waals surface area (Å²) >= 11 is 5.83. The van der Waals surface area contributed by atoms with Gasteiger partial charge < -0.3 is 11.1 Å². The quantitative estimate of drug-likeness (QED) is 0.838. The van der Waals surface area contributed by atoms with Crippen LogP contribution in [0.4, 0.5) is 0 Å². The van der Waals surface area contributed by atoms with Gasteiger partial charge in [0.05, 0.1) is 6.54 Å². The maximum atomic E-state index is 10.6. The number of hydrogen-bond acceptors (Lipinski definition) is 2. The fourth-order valence-corrected chi connectivity index (χ4v) is 2.16. The number of amides is 1. The van der Waals surface area contributed by atoms with Gasteiger partial charge in [-0.15, -0.1) is 0 Å². The first kappa shape index (κ1) is 11.4. The smallest absolute Gasteiger partial charge is 0.231 e. The molecule has 0 atom stereocenters. The second-order valence-electron chi connectivity index (χ2n) is 4.26. The Bertz CT molecular complexity index is 371. The predicted octanol–water partition coefficient (Wildman–Crippen LogP) is 1.66. The average molecular weight is 239 g/mol. The third kappa shape index (κ3) is 2.74. The highest BCUT2D eigenvalue weighted by Crippen LogP contribution is 2.36. The topological polar surface area (TPSA) is 55.1 Å². The molecule has 1 saturated carbocycles. The number of hydrogen-bond donors (Lipinski definition) is 2. The number of carbonyl (C=O) groups is 1.